The van der Waals surface area contributed by atoms with E-state index < -0.39 is 0 Å². The zero-order valence-electron chi connectivity index (χ0n) is 9.67. The van der Waals surface area contributed by atoms with Crippen molar-refractivity contribution in [2.45, 2.75) is 13.0 Å². The van der Waals surface area contributed by atoms with E-state index in [1.54, 1.807) is 0 Å². The van der Waals surface area contributed by atoms with E-state index in [1.807, 2.05) is 6.92 Å². The average molecular weight is 328 g/mol. The monoisotopic (exact) mass is 326 g/mol. The molecule has 7 heteroatoms. The lowest BCUT2D eigenvalue weighted by Gasteiger charge is -2.10. The maximum atomic E-state index is 11.7. The van der Waals surface area contributed by atoms with Crippen LogP contribution >= 0.6 is 46.6 Å². The molecule has 1 aromatic carbocycles. The summed E-state index contributed by atoms with van der Waals surface area (Å²) >= 11 is 19.1. The van der Waals surface area contributed by atoms with Gasteiger partial charge in [0.05, 0.1) is 21.5 Å². The highest BCUT2D eigenvalue weighted by molar-refractivity contribution is 8.00. The van der Waals surface area contributed by atoms with Crippen LogP contribution in [0.3, 0.4) is 0 Å². The molecular formula is C11H13Cl3N2OS. The molecule has 3 nitrogen and oxygen atoms in total. The normalized spacial score (nSPS) is 12.3. The number of hydrogen-bond donors (Lipinski definition) is 2. The number of halogens is 3. The summed E-state index contributed by atoms with van der Waals surface area (Å²) in [6.45, 7) is 1.89. The lowest BCUT2D eigenvalue weighted by Crippen LogP contribution is -2.20. The maximum Gasteiger partial charge on any atom is 0.234 e. The molecule has 0 fully saturated rings. The van der Waals surface area contributed by atoms with Gasteiger partial charge < -0.3 is 11.1 Å². The number of thioether (sulfide) groups is 1. The van der Waals surface area contributed by atoms with Crippen LogP contribution in [-0.4, -0.2) is 23.5 Å². The first kappa shape index (κ1) is 15.9. The number of amides is 1. The van der Waals surface area contributed by atoms with Gasteiger partial charge in [-0.1, -0.05) is 34.8 Å². The van der Waals surface area contributed by atoms with Gasteiger partial charge in [0.2, 0.25) is 5.91 Å². The van der Waals surface area contributed by atoms with E-state index in [9.17, 15) is 4.79 Å². The van der Waals surface area contributed by atoms with Gasteiger partial charge in [-0.2, -0.15) is 11.8 Å². The smallest absolute Gasteiger partial charge is 0.234 e. The largest absolute Gasteiger partial charge is 0.327 e. The van der Waals surface area contributed by atoms with Crippen molar-refractivity contribution in [3.05, 3.63) is 27.2 Å². The van der Waals surface area contributed by atoms with Crippen molar-refractivity contribution >= 4 is 58.2 Å². The zero-order chi connectivity index (χ0) is 13.7. The van der Waals surface area contributed by atoms with Crippen molar-refractivity contribution in [3.63, 3.8) is 0 Å². The molecule has 1 aromatic rings. The van der Waals surface area contributed by atoms with Crippen LogP contribution in [0.15, 0.2) is 12.1 Å². The molecule has 1 amide bonds. The molecule has 0 saturated carbocycles. The lowest BCUT2D eigenvalue weighted by molar-refractivity contribution is -0.113. The van der Waals surface area contributed by atoms with Crippen LogP contribution in [0.4, 0.5) is 5.69 Å². The Balaban J connectivity index is 2.59. The second-order valence-corrected chi connectivity index (χ2v) is 6.07. The third-order valence-electron chi connectivity index (χ3n) is 1.89. The van der Waals surface area contributed by atoms with Crippen LogP contribution in [0.2, 0.25) is 15.1 Å². The highest BCUT2D eigenvalue weighted by Gasteiger charge is 2.11. The Kier molecular flexibility index (Phi) is 6.60. The summed E-state index contributed by atoms with van der Waals surface area (Å²) in [5.41, 5.74) is 5.97. The van der Waals surface area contributed by atoms with Gasteiger partial charge >= 0.3 is 0 Å². The Morgan fingerprint density at radius 3 is 2.44 bits per heavy atom. The van der Waals surface area contributed by atoms with Gasteiger partial charge in [-0.25, -0.2) is 0 Å². The van der Waals surface area contributed by atoms with E-state index in [0.29, 0.717) is 26.5 Å². The zero-order valence-corrected chi connectivity index (χ0v) is 12.8. The third-order valence-corrected chi connectivity index (χ3v) is 3.93. The molecule has 0 aliphatic rings. The van der Waals surface area contributed by atoms with Crippen molar-refractivity contribution in [1.29, 1.82) is 0 Å². The Morgan fingerprint density at radius 1 is 1.39 bits per heavy atom. The lowest BCUT2D eigenvalue weighted by atomic mass is 10.3. The fraction of sp³-hybridized carbons (Fsp3) is 0.364. The first-order valence-electron chi connectivity index (χ1n) is 5.18. The Morgan fingerprint density at radius 2 is 1.94 bits per heavy atom. The van der Waals surface area contributed by atoms with Crippen LogP contribution in [0.1, 0.15) is 6.92 Å². The molecule has 0 aliphatic heterocycles. The molecule has 0 spiro atoms. The van der Waals surface area contributed by atoms with Crippen LogP contribution in [0.25, 0.3) is 0 Å². The molecule has 1 atom stereocenters. The number of carbonyl (C=O) groups excluding carboxylic acids is 1. The minimum absolute atomic E-state index is 0.0607. The van der Waals surface area contributed by atoms with Gasteiger partial charge in [0.1, 0.15) is 0 Å². The van der Waals surface area contributed by atoms with Crippen molar-refractivity contribution in [3.8, 4) is 0 Å². The minimum atomic E-state index is -0.174. The quantitative estimate of drug-likeness (QED) is 0.867. The number of carbonyl (C=O) groups is 1. The van der Waals surface area contributed by atoms with Crippen molar-refractivity contribution < 1.29 is 4.79 Å². The number of benzene rings is 1. The van der Waals surface area contributed by atoms with Crippen molar-refractivity contribution in [2.75, 3.05) is 16.8 Å². The summed E-state index contributed by atoms with van der Waals surface area (Å²) in [7, 11) is 0. The van der Waals surface area contributed by atoms with Crippen LogP contribution in [0, 0.1) is 0 Å². The fourth-order valence-corrected chi connectivity index (χ4v) is 2.83. The molecule has 18 heavy (non-hydrogen) atoms. The molecule has 0 bridgehead atoms. The summed E-state index contributed by atoms with van der Waals surface area (Å²) in [4.78, 5) is 11.7. The molecule has 0 heterocycles. The van der Waals surface area contributed by atoms with Crippen LogP contribution < -0.4 is 11.1 Å². The topological polar surface area (TPSA) is 55.1 Å². The van der Waals surface area contributed by atoms with Gasteiger partial charge in [-0.15, -0.1) is 0 Å². The van der Waals surface area contributed by atoms with E-state index >= 15 is 0 Å². The molecule has 1 rings (SSSR count). The number of anilines is 1. The van der Waals surface area contributed by atoms with E-state index in [1.165, 1.54) is 23.9 Å². The number of hydrogen-bond acceptors (Lipinski definition) is 3. The molecule has 0 aliphatic carbocycles. The predicted molar refractivity (Wildman–Crippen MR) is 81.1 cm³/mol. The number of rotatable bonds is 5. The second-order valence-electron chi connectivity index (χ2n) is 3.79. The highest BCUT2D eigenvalue weighted by Crippen LogP contribution is 2.33. The SMILES string of the molecule is CC(N)CSCC(=O)Nc1c(Cl)cc(Cl)cc1Cl. The van der Waals surface area contributed by atoms with Crippen molar-refractivity contribution in [2.24, 2.45) is 5.73 Å². The molecular weight excluding hydrogens is 315 g/mol. The van der Waals surface area contributed by atoms with Crippen molar-refractivity contribution in [1.82, 2.24) is 0 Å². The second kappa shape index (κ2) is 7.46. The summed E-state index contributed by atoms with van der Waals surface area (Å²) in [5, 5.41) is 3.72. The standard InChI is InChI=1S/C11H13Cl3N2OS/c1-6(15)4-18-5-10(17)16-11-8(13)2-7(12)3-9(11)14/h2-3,6H,4-5,15H2,1H3,(H,16,17). The summed E-state index contributed by atoms with van der Waals surface area (Å²) in [6, 6.07) is 3.12. The first-order chi connectivity index (χ1) is 8.40. The molecule has 0 aromatic heterocycles. The summed E-state index contributed by atoms with van der Waals surface area (Å²) in [5.74, 6) is 0.846. The summed E-state index contributed by atoms with van der Waals surface area (Å²) < 4.78 is 0. The molecule has 0 saturated heterocycles. The minimum Gasteiger partial charge on any atom is -0.327 e. The van der Waals surface area contributed by atoms with Gasteiger partial charge in [0, 0.05) is 16.8 Å². The van der Waals surface area contributed by atoms with E-state index in [0.717, 1.165) is 5.75 Å². The van der Waals surface area contributed by atoms with Gasteiger partial charge in [-0.05, 0) is 19.1 Å². The maximum absolute atomic E-state index is 11.7. The molecule has 100 valence electrons. The molecule has 3 N–H and O–H groups in total. The highest BCUT2D eigenvalue weighted by atomic mass is 35.5. The third kappa shape index (κ3) is 5.24. The Bertz CT molecular complexity index is 417. The number of nitrogens with two attached hydrogens (primary N) is 1. The van der Waals surface area contributed by atoms with Gasteiger partial charge in [0.25, 0.3) is 0 Å². The first-order valence-corrected chi connectivity index (χ1v) is 7.46. The fourth-order valence-electron chi connectivity index (χ4n) is 1.17. The predicted octanol–water partition coefficient (Wildman–Crippen LogP) is 3.67. The average Bonchev–Trinajstić information content (AvgIpc) is 2.22. The molecule has 1 unspecified atom stereocenters. The van der Waals surface area contributed by atoms with E-state index in [2.05, 4.69) is 5.32 Å². The van der Waals surface area contributed by atoms with E-state index in [4.69, 9.17) is 40.5 Å². The van der Waals surface area contributed by atoms with E-state index in [-0.39, 0.29) is 11.9 Å². The Labute approximate surface area is 125 Å². The Hall–Kier alpha value is -0.130. The van der Waals surface area contributed by atoms with Gasteiger partial charge in [-0.3, -0.25) is 4.79 Å². The molecule has 0 radical (unpaired) electrons. The van der Waals surface area contributed by atoms with Crippen LogP contribution in [0.5, 0.6) is 0 Å². The summed E-state index contributed by atoms with van der Waals surface area (Å²) in [6.07, 6.45) is 0. The van der Waals surface area contributed by atoms with Gasteiger partial charge in [0.15, 0.2) is 0 Å². The number of nitrogens with one attached hydrogen (secondary N) is 1. The van der Waals surface area contributed by atoms with Crippen LogP contribution in [-0.2, 0) is 4.79 Å².